The monoisotopic (exact) mass is 406 g/mol. The molecule has 1 aromatic rings. The fourth-order valence-electron chi connectivity index (χ4n) is 4.70. The number of aromatic nitrogens is 1. The summed E-state index contributed by atoms with van der Waals surface area (Å²) in [6.07, 6.45) is 7.42. The highest BCUT2D eigenvalue weighted by Crippen LogP contribution is 2.47. The molecule has 4 unspecified atom stereocenters. The normalized spacial score (nSPS) is 31.2. The number of carbonyl (C=O) groups is 1. The number of hydrogen-bond donors (Lipinski definition) is 2. The molecule has 1 saturated heterocycles. The van der Waals surface area contributed by atoms with E-state index in [1.54, 1.807) is 0 Å². The summed E-state index contributed by atoms with van der Waals surface area (Å²) >= 11 is 1.54. The van der Waals surface area contributed by atoms with Gasteiger partial charge in [0.25, 0.3) is 0 Å². The lowest BCUT2D eigenvalue weighted by Gasteiger charge is -2.26. The summed E-state index contributed by atoms with van der Waals surface area (Å²) in [5, 5.41) is 5.83. The largest absolute Gasteiger partial charge is 0.327 e. The molecule has 2 saturated carbocycles. The molecule has 3 N–H and O–H groups in total. The van der Waals surface area contributed by atoms with Crippen molar-refractivity contribution in [1.82, 2.24) is 9.88 Å². The first-order chi connectivity index (χ1) is 11.2. The van der Waals surface area contributed by atoms with Crippen molar-refractivity contribution < 1.29 is 4.79 Å². The molecule has 25 heavy (non-hydrogen) atoms. The van der Waals surface area contributed by atoms with E-state index in [2.05, 4.69) is 20.6 Å². The Hall–Kier alpha value is -0.400. The fraction of sp³-hybridized carbons (Fsp3) is 0.765. The number of likely N-dealkylation sites (tertiary alicyclic amines) is 1. The van der Waals surface area contributed by atoms with Crippen molar-refractivity contribution in [1.29, 1.82) is 0 Å². The van der Waals surface area contributed by atoms with Gasteiger partial charge in [0.2, 0.25) is 5.91 Å². The van der Waals surface area contributed by atoms with Crippen molar-refractivity contribution in [2.45, 2.75) is 51.1 Å². The number of nitrogens with two attached hydrogens (primary N) is 1. The number of thiazole rings is 1. The van der Waals surface area contributed by atoms with Crippen LogP contribution in [0.25, 0.3) is 0 Å². The van der Waals surface area contributed by atoms with Crippen molar-refractivity contribution in [2.24, 2.45) is 23.5 Å². The van der Waals surface area contributed by atoms with Crippen LogP contribution in [0, 0.1) is 17.8 Å². The Morgan fingerprint density at radius 3 is 2.64 bits per heavy atom. The van der Waals surface area contributed by atoms with Crippen LogP contribution in [0.2, 0.25) is 0 Å². The van der Waals surface area contributed by atoms with Crippen LogP contribution in [0.3, 0.4) is 0 Å². The van der Waals surface area contributed by atoms with E-state index in [9.17, 15) is 4.79 Å². The second-order valence-electron chi connectivity index (χ2n) is 7.41. The molecule has 1 aromatic heterocycles. The van der Waals surface area contributed by atoms with Crippen molar-refractivity contribution in [2.75, 3.05) is 18.4 Å². The number of halogens is 2. The minimum atomic E-state index is -0.0109. The van der Waals surface area contributed by atoms with Crippen molar-refractivity contribution in [3.05, 3.63) is 11.1 Å². The predicted molar refractivity (Wildman–Crippen MR) is 107 cm³/mol. The first kappa shape index (κ1) is 20.9. The number of hydrogen-bond acceptors (Lipinski definition) is 5. The van der Waals surface area contributed by atoms with Crippen LogP contribution in [0.4, 0.5) is 5.13 Å². The molecule has 0 spiro atoms. The quantitative estimate of drug-likeness (QED) is 0.804. The van der Waals surface area contributed by atoms with E-state index in [0.29, 0.717) is 11.8 Å². The number of carbonyl (C=O) groups excluding carboxylic acids is 1. The van der Waals surface area contributed by atoms with Gasteiger partial charge in [0.05, 0.1) is 11.6 Å². The summed E-state index contributed by atoms with van der Waals surface area (Å²) in [6, 6.07) is 0.0431. The Morgan fingerprint density at radius 1 is 1.24 bits per heavy atom. The van der Waals surface area contributed by atoms with E-state index in [-0.39, 0.29) is 42.7 Å². The average molecular weight is 407 g/mol. The zero-order chi connectivity index (χ0) is 15.8. The summed E-state index contributed by atoms with van der Waals surface area (Å²) in [4.78, 5) is 19.6. The van der Waals surface area contributed by atoms with Crippen LogP contribution in [0.15, 0.2) is 5.38 Å². The van der Waals surface area contributed by atoms with E-state index in [1.165, 1.54) is 50.1 Å². The Labute approximate surface area is 166 Å². The van der Waals surface area contributed by atoms with E-state index < -0.39 is 0 Å². The van der Waals surface area contributed by atoms with Crippen LogP contribution in [0.5, 0.6) is 0 Å². The van der Waals surface area contributed by atoms with Gasteiger partial charge >= 0.3 is 0 Å². The molecule has 8 heteroatoms. The molecule has 4 rings (SSSR count). The number of piperidine rings is 1. The lowest BCUT2D eigenvalue weighted by Crippen LogP contribution is -2.42. The maximum atomic E-state index is 12.6. The van der Waals surface area contributed by atoms with Gasteiger partial charge in [0.1, 0.15) is 0 Å². The predicted octanol–water partition coefficient (Wildman–Crippen LogP) is 3.28. The van der Waals surface area contributed by atoms with Gasteiger partial charge in [-0.15, -0.1) is 36.2 Å². The van der Waals surface area contributed by atoms with Crippen molar-refractivity contribution in [3.8, 4) is 0 Å². The lowest BCUT2D eigenvalue weighted by molar-refractivity contribution is -0.121. The van der Waals surface area contributed by atoms with E-state index in [0.717, 1.165) is 30.2 Å². The van der Waals surface area contributed by atoms with Crippen LogP contribution < -0.4 is 11.1 Å². The second-order valence-corrected chi connectivity index (χ2v) is 8.26. The fourth-order valence-corrected chi connectivity index (χ4v) is 5.40. The zero-order valence-electron chi connectivity index (χ0n) is 14.4. The molecule has 1 amide bonds. The molecule has 142 valence electrons. The standard InChI is InChI=1S/C17H26N4OS.2ClH/c18-15-12-5-4-11(8-12)14(15)16(22)20-17-19-13(10-23-17)9-21-6-2-1-3-7-21;;/h10-12,14-15H,1-9,18H2,(H,19,20,22);2*1H. The number of nitrogens with zero attached hydrogens (tertiary/aromatic N) is 2. The molecule has 3 fully saturated rings. The summed E-state index contributed by atoms with van der Waals surface area (Å²) in [5.74, 6) is 1.12. The van der Waals surface area contributed by atoms with Gasteiger partial charge in [0, 0.05) is 18.0 Å². The van der Waals surface area contributed by atoms with Gasteiger partial charge in [-0.05, 0) is 57.0 Å². The maximum Gasteiger partial charge on any atom is 0.231 e. The molecular weight excluding hydrogens is 379 g/mol. The summed E-state index contributed by atoms with van der Waals surface area (Å²) < 4.78 is 0. The highest BCUT2D eigenvalue weighted by Gasteiger charge is 2.49. The number of amides is 1. The molecule has 1 aliphatic heterocycles. The van der Waals surface area contributed by atoms with Crippen molar-refractivity contribution in [3.63, 3.8) is 0 Å². The van der Waals surface area contributed by atoms with Gasteiger partial charge < -0.3 is 11.1 Å². The van der Waals surface area contributed by atoms with Gasteiger partial charge in [-0.3, -0.25) is 9.69 Å². The first-order valence-corrected chi connectivity index (χ1v) is 9.82. The molecule has 0 radical (unpaired) electrons. The van der Waals surface area contributed by atoms with E-state index in [4.69, 9.17) is 5.73 Å². The number of fused-ring (bicyclic) bond motifs is 2. The first-order valence-electron chi connectivity index (χ1n) is 8.94. The number of rotatable bonds is 4. The SMILES string of the molecule is Cl.Cl.NC1C2CCC(C2)C1C(=O)Nc1nc(CN2CCCCC2)cs1. The van der Waals surface area contributed by atoms with E-state index in [1.807, 2.05) is 0 Å². The van der Waals surface area contributed by atoms with Gasteiger partial charge in [-0.2, -0.15) is 0 Å². The Balaban J connectivity index is 0.00000113. The Bertz CT molecular complexity index is 577. The van der Waals surface area contributed by atoms with Crippen LogP contribution in [-0.2, 0) is 11.3 Å². The third kappa shape index (κ3) is 4.48. The van der Waals surface area contributed by atoms with Crippen LogP contribution >= 0.6 is 36.2 Å². The molecule has 2 aliphatic carbocycles. The second kappa shape index (κ2) is 9.00. The molecule has 3 aliphatic rings. The summed E-state index contributed by atoms with van der Waals surface area (Å²) in [7, 11) is 0. The molecule has 2 heterocycles. The van der Waals surface area contributed by atoms with E-state index >= 15 is 0 Å². The van der Waals surface area contributed by atoms with Crippen molar-refractivity contribution >= 4 is 47.2 Å². The third-order valence-corrected chi connectivity index (χ3v) is 6.71. The third-order valence-electron chi connectivity index (χ3n) is 5.90. The van der Waals surface area contributed by atoms with Crippen LogP contribution in [-0.4, -0.2) is 34.9 Å². The average Bonchev–Trinajstić information content (AvgIpc) is 3.25. The van der Waals surface area contributed by atoms with Gasteiger partial charge in [-0.1, -0.05) is 6.42 Å². The zero-order valence-corrected chi connectivity index (χ0v) is 16.8. The molecule has 0 aromatic carbocycles. The molecule has 2 bridgehead atoms. The van der Waals surface area contributed by atoms with Gasteiger partial charge in [0.15, 0.2) is 5.13 Å². The molecular formula is C17H28Cl2N4OS. The van der Waals surface area contributed by atoms with Crippen LogP contribution in [0.1, 0.15) is 44.2 Å². The highest BCUT2D eigenvalue weighted by atomic mass is 35.5. The Kier molecular flexibility index (Phi) is 7.52. The maximum absolute atomic E-state index is 12.6. The molecule has 4 atom stereocenters. The minimum absolute atomic E-state index is 0. The Morgan fingerprint density at radius 2 is 1.96 bits per heavy atom. The van der Waals surface area contributed by atoms with Gasteiger partial charge in [-0.25, -0.2) is 4.98 Å². The topological polar surface area (TPSA) is 71.2 Å². The number of nitrogens with one attached hydrogen (secondary N) is 1. The smallest absolute Gasteiger partial charge is 0.231 e. The highest BCUT2D eigenvalue weighted by molar-refractivity contribution is 7.13. The summed E-state index contributed by atoms with van der Waals surface area (Å²) in [6.45, 7) is 3.23. The molecule has 5 nitrogen and oxygen atoms in total. The number of anilines is 1. The summed E-state index contributed by atoms with van der Waals surface area (Å²) in [5.41, 5.74) is 7.34. The minimum Gasteiger partial charge on any atom is -0.327 e. The lowest BCUT2D eigenvalue weighted by atomic mass is 9.84.